The van der Waals surface area contributed by atoms with E-state index in [0.717, 1.165) is 52.6 Å². The number of benzene rings is 2. The SMILES string of the molecule is Cc1cc(C2=C3NCCC3N(N)C(c3cccc(Br)c3)=C2)ccc1N(C)C(=O)C(F)(F)F. The zero-order chi connectivity index (χ0) is 23.2. The second-order valence-corrected chi connectivity index (χ2v) is 8.78. The van der Waals surface area contributed by atoms with E-state index in [9.17, 15) is 18.0 Å². The molecular formula is C23H22BrF3N4O. The molecule has 1 fully saturated rings. The number of allylic oxidation sites excluding steroid dienone is 2. The standard InChI is InChI=1S/C23H22BrF3N4O/c1-13-10-14(6-7-18(13)30(2)22(32)23(25,26)27)17-12-20(15-4-3-5-16(24)11-15)31(28)19-8-9-29-21(17)19/h3-7,10-12,19,29H,8-9,28H2,1-2H3. The Morgan fingerprint density at radius 2 is 1.97 bits per heavy atom. The van der Waals surface area contributed by atoms with Gasteiger partial charge in [0.05, 0.1) is 11.7 Å². The predicted octanol–water partition coefficient (Wildman–Crippen LogP) is 4.59. The van der Waals surface area contributed by atoms with Crippen LogP contribution in [0.4, 0.5) is 18.9 Å². The summed E-state index contributed by atoms with van der Waals surface area (Å²) in [6.07, 6.45) is -2.10. The molecule has 2 heterocycles. The maximum Gasteiger partial charge on any atom is 0.471 e. The first-order valence-corrected chi connectivity index (χ1v) is 10.8. The van der Waals surface area contributed by atoms with E-state index in [-0.39, 0.29) is 11.7 Å². The Morgan fingerprint density at radius 1 is 1.22 bits per heavy atom. The molecule has 1 saturated heterocycles. The average Bonchev–Trinajstić information content (AvgIpc) is 3.23. The Kier molecular flexibility index (Phi) is 5.81. The molecule has 168 valence electrons. The summed E-state index contributed by atoms with van der Waals surface area (Å²) in [4.78, 5) is 12.3. The van der Waals surface area contributed by atoms with Crippen LogP contribution in [0.2, 0.25) is 0 Å². The van der Waals surface area contributed by atoms with Crippen molar-refractivity contribution in [3.8, 4) is 0 Å². The topological polar surface area (TPSA) is 61.6 Å². The van der Waals surface area contributed by atoms with Crippen LogP contribution in [-0.4, -0.2) is 36.7 Å². The predicted molar refractivity (Wildman–Crippen MR) is 122 cm³/mol. The summed E-state index contributed by atoms with van der Waals surface area (Å²) in [5.41, 5.74) is 5.35. The molecule has 0 aliphatic carbocycles. The van der Waals surface area contributed by atoms with Crippen molar-refractivity contribution in [2.24, 2.45) is 5.84 Å². The number of carbonyl (C=O) groups excluding carboxylic acids is 1. The van der Waals surface area contributed by atoms with Gasteiger partial charge in [0.15, 0.2) is 0 Å². The van der Waals surface area contributed by atoms with Crippen LogP contribution in [0.1, 0.15) is 23.1 Å². The third kappa shape index (κ3) is 4.02. The number of nitrogens with two attached hydrogens (primary N) is 1. The maximum atomic E-state index is 12.9. The first-order chi connectivity index (χ1) is 15.1. The Labute approximate surface area is 192 Å². The molecular weight excluding hydrogens is 485 g/mol. The lowest BCUT2D eigenvalue weighted by molar-refractivity contribution is -0.170. The van der Waals surface area contributed by atoms with Gasteiger partial charge in [-0.1, -0.05) is 34.1 Å². The van der Waals surface area contributed by atoms with Gasteiger partial charge >= 0.3 is 12.1 Å². The van der Waals surface area contributed by atoms with Crippen LogP contribution < -0.4 is 16.1 Å². The minimum atomic E-state index is -4.93. The quantitative estimate of drug-likeness (QED) is 0.598. The van der Waals surface area contributed by atoms with Crippen molar-refractivity contribution in [1.82, 2.24) is 10.3 Å². The molecule has 2 aliphatic rings. The van der Waals surface area contributed by atoms with Crippen molar-refractivity contribution >= 4 is 38.8 Å². The number of fused-ring (bicyclic) bond motifs is 1. The summed E-state index contributed by atoms with van der Waals surface area (Å²) < 4.78 is 39.5. The van der Waals surface area contributed by atoms with Crippen molar-refractivity contribution in [3.05, 3.63) is 75.4 Å². The number of nitrogens with zero attached hydrogens (tertiary/aromatic N) is 2. The Morgan fingerprint density at radius 3 is 2.62 bits per heavy atom. The largest absolute Gasteiger partial charge is 0.471 e. The van der Waals surface area contributed by atoms with Gasteiger partial charge in [-0.25, -0.2) is 5.84 Å². The van der Waals surface area contributed by atoms with Crippen molar-refractivity contribution in [2.45, 2.75) is 25.6 Å². The molecule has 0 radical (unpaired) electrons. The Hall–Kier alpha value is -2.78. The number of nitrogens with one attached hydrogen (secondary N) is 1. The maximum absolute atomic E-state index is 12.9. The summed E-state index contributed by atoms with van der Waals surface area (Å²) >= 11 is 3.50. The molecule has 2 aromatic carbocycles. The fourth-order valence-corrected chi connectivity index (χ4v) is 4.63. The fraction of sp³-hybridized carbons (Fsp3) is 0.261. The molecule has 1 unspecified atom stereocenters. The van der Waals surface area contributed by atoms with Gasteiger partial charge in [0.1, 0.15) is 0 Å². The fourth-order valence-electron chi connectivity index (χ4n) is 4.23. The second-order valence-electron chi connectivity index (χ2n) is 7.87. The molecule has 3 N–H and O–H groups in total. The van der Waals surface area contributed by atoms with Gasteiger partial charge in [-0.2, -0.15) is 13.2 Å². The third-order valence-electron chi connectivity index (χ3n) is 5.79. The van der Waals surface area contributed by atoms with E-state index >= 15 is 0 Å². The van der Waals surface area contributed by atoms with E-state index in [1.807, 2.05) is 30.3 Å². The van der Waals surface area contributed by atoms with Crippen molar-refractivity contribution in [1.29, 1.82) is 0 Å². The van der Waals surface area contributed by atoms with Crippen LogP contribution in [0.25, 0.3) is 11.3 Å². The minimum absolute atomic E-state index is 0.0292. The van der Waals surface area contributed by atoms with Crippen LogP contribution in [-0.2, 0) is 4.79 Å². The number of carbonyl (C=O) groups is 1. The molecule has 0 bridgehead atoms. The monoisotopic (exact) mass is 506 g/mol. The number of hydrazine groups is 1. The van der Waals surface area contributed by atoms with E-state index in [1.165, 1.54) is 0 Å². The smallest absolute Gasteiger partial charge is 0.386 e. The number of amides is 1. The molecule has 4 rings (SSSR count). The molecule has 2 aromatic rings. The van der Waals surface area contributed by atoms with E-state index in [4.69, 9.17) is 5.84 Å². The number of aryl methyl sites for hydroxylation is 1. The normalized spacial score (nSPS) is 18.3. The second kappa shape index (κ2) is 8.29. The molecule has 1 amide bonds. The average molecular weight is 507 g/mol. The number of hydrogen-bond acceptors (Lipinski definition) is 4. The van der Waals surface area contributed by atoms with E-state index < -0.39 is 12.1 Å². The van der Waals surface area contributed by atoms with E-state index in [2.05, 4.69) is 21.2 Å². The van der Waals surface area contributed by atoms with Gasteiger partial charge in [-0.3, -0.25) is 4.79 Å². The first kappa shape index (κ1) is 22.4. The summed E-state index contributed by atoms with van der Waals surface area (Å²) in [6, 6.07) is 12.9. The summed E-state index contributed by atoms with van der Waals surface area (Å²) in [7, 11) is 1.13. The van der Waals surface area contributed by atoms with Gasteiger partial charge in [0.2, 0.25) is 0 Å². The molecule has 5 nitrogen and oxygen atoms in total. The highest BCUT2D eigenvalue weighted by Gasteiger charge is 2.42. The lowest BCUT2D eigenvalue weighted by Crippen LogP contribution is -2.42. The lowest BCUT2D eigenvalue weighted by atomic mass is 9.92. The summed E-state index contributed by atoms with van der Waals surface area (Å²) in [5.74, 6) is 4.58. The molecule has 0 aromatic heterocycles. The summed E-state index contributed by atoms with van der Waals surface area (Å²) in [5, 5.41) is 5.17. The van der Waals surface area contributed by atoms with Crippen LogP contribution in [0, 0.1) is 6.92 Å². The number of hydrogen-bond donors (Lipinski definition) is 2. The number of alkyl halides is 3. The van der Waals surface area contributed by atoms with Gasteiger partial charge in [0, 0.05) is 40.6 Å². The zero-order valence-corrected chi connectivity index (χ0v) is 19.1. The number of anilines is 1. The van der Waals surface area contributed by atoms with Crippen LogP contribution in [0.15, 0.2) is 58.7 Å². The summed E-state index contributed by atoms with van der Waals surface area (Å²) in [6.45, 7) is 2.47. The highest BCUT2D eigenvalue weighted by atomic mass is 79.9. The molecule has 32 heavy (non-hydrogen) atoms. The molecule has 1 atom stereocenters. The van der Waals surface area contributed by atoms with Gasteiger partial charge in [-0.15, -0.1) is 0 Å². The molecule has 0 saturated carbocycles. The number of rotatable bonds is 3. The zero-order valence-electron chi connectivity index (χ0n) is 17.5. The van der Waals surface area contributed by atoms with Gasteiger partial charge in [-0.05, 0) is 54.8 Å². The Bertz CT molecular complexity index is 1140. The number of halogens is 4. The van der Waals surface area contributed by atoms with Crippen LogP contribution >= 0.6 is 15.9 Å². The molecule has 9 heteroatoms. The van der Waals surface area contributed by atoms with Crippen LogP contribution in [0.5, 0.6) is 0 Å². The van der Waals surface area contributed by atoms with Gasteiger partial charge < -0.3 is 15.2 Å². The van der Waals surface area contributed by atoms with Crippen molar-refractivity contribution in [2.75, 3.05) is 18.5 Å². The minimum Gasteiger partial charge on any atom is -0.386 e. The third-order valence-corrected chi connectivity index (χ3v) is 6.28. The van der Waals surface area contributed by atoms with Crippen molar-refractivity contribution in [3.63, 3.8) is 0 Å². The lowest BCUT2D eigenvalue weighted by Gasteiger charge is -2.34. The molecule has 2 aliphatic heterocycles. The highest BCUT2D eigenvalue weighted by molar-refractivity contribution is 9.10. The van der Waals surface area contributed by atoms with Crippen LogP contribution in [0.3, 0.4) is 0 Å². The van der Waals surface area contributed by atoms with E-state index in [1.54, 1.807) is 30.1 Å². The first-order valence-electron chi connectivity index (χ1n) is 10.0. The molecule has 0 spiro atoms. The van der Waals surface area contributed by atoms with E-state index in [0.29, 0.717) is 10.5 Å². The Balaban J connectivity index is 1.77. The van der Waals surface area contributed by atoms with Crippen molar-refractivity contribution < 1.29 is 18.0 Å². The van der Waals surface area contributed by atoms with Gasteiger partial charge in [0.25, 0.3) is 0 Å². The highest BCUT2D eigenvalue weighted by Crippen LogP contribution is 2.38.